The lowest BCUT2D eigenvalue weighted by Gasteiger charge is -2.18. The Labute approximate surface area is 231 Å². The summed E-state index contributed by atoms with van der Waals surface area (Å²) in [6, 6.07) is 19.5. The third kappa shape index (κ3) is 4.55. The monoisotopic (exact) mass is 536 g/mol. The fraction of sp³-hybridized carbons (Fsp3) is 0.250. The molecule has 0 spiro atoms. The Morgan fingerprint density at radius 1 is 0.650 bits per heavy atom. The van der Waals surface area contributed by atoms with Crippen molar-refractivity contribution in [3.8, 4) is 34.6 Å². The van der Waals surface area contributed by atoms with Crippen LogP contribution in [0.25, 0.3) is 11.1 Å². The van der Waals surface area contributed by atoms with Gasteiger partial charge in [-0.15, -0.1) is 0 Å². The van der Waals surface area contributed by atoms with Crippen LogP contribution < -0.4 is 18.9 Å². The van der Waals surface area contributed by atoms with Gasteiger partial charge in [0.15, 0.2) is 12.6 Å². The van der Waals surface area contributed by atoms with Gasteiger partial charge in [0, 0.05) is 12.1 Å². The van der Waals surface area contributed by atoms with Crippen LogP contribution in [0, 0.1) is 0 Å². The summed E-state index contributed by atoms with van der Waals surface area (Å²) in [5.74, 6) is 1.37. The zero-order valence-electron chi connectivity index (χ0n) is 22.3. The lowest BCUT2D eigenvalue weighted by molar-refractivity contribution is 0.111. The Morgan fingerprint density at radius 3 is 1.50 bits per heavy atom. The molecule has 40 heavy (non-hydrogen) atoms. The maximum Gasteiger partial charge on any atom is 0.227 e. The fourth-order valence-electron chi connectivity index (χ4n) is 5.78. The van der Waals surface area contributed by atoms with E-state index < -0.39 is 0 Å². The summed E-state index contributed by atoms with van der Waals surface area (Å²) in [7, 11) is 2.97. The fourth-order valence-corrected chi connectivity index (χ4v) is 5.78. The van der Waals surface area contributed by atoms with Crippen LogP contribution in [-0.2, 0) is 12.8 Å². The highest BCUT2D eigenvalue weighted by atomic mass is 16.5. The Hall–Kier alpha value is -4.72. The maximum absolute atomic E-state index is 11.2. The minimum Gasteiger partial charge on any atom is -0.480 e. The number of ether oxygens (including phenoxy) is 4. The molecule has 2 aliphatic carbocycles. The summed E-state index contributed by atoms with van der Waals surface area (Å²) in [4.78, 5) is 31.2. The predicted molar refractivity (Wildman–Crippen MR) is 148 cm³/mol. The molecule has 0 amide bonds. The van der Waals surface area contributed by atoms with E-state index in [1.807, 2.05) is 0 Å². The molecule has 2 atom stereocenters. The third-order valence-corrected chi connectivity index (χ3v) is 7.62. The van der Waals surface area contributed by atoms with Gasteiger partial charge in [-0.25, -0.2) is 0 Å². The van der Waals surface area contributed by atoms with Gasteiger partial charge in [-0.05, 0) is 71.2 Å². The van der Waals surface area contributed by atoms with Crippen LogP contribution in [0.1, 0.15) is 68.0 Å². The van der Waals surface area contributed by atoms with Crippen molar-refractivity contribution in [2.24, 2.45) is 0 Å². The van der Waals surface area contributed by atoms with Gasteiger partial charge in [0.2, 0.25) is 23.5 Å². The summed E-state index contributed by atoms with van der Waals surface area (Å²) in [5, 5.41) is 0. The van der Waals surface area contributed by atoms with Gasteiger partial charge in [-0.3, -0.25) is 9.59 Å². The summed E-state index contributed by atoms with van der Waals surface area (Å²) in [5.41, 5.74) is 8.03. The normalized spacial score (nSPS) is 17.1. The second-order valence-electron chi connectivity index (χ2n) is 9.77. The lowest BCUT2D eigenvalue weighted by Crippen LogP contribution is -2.06. The molecule has 0 fully saturated rings. The number of pyridine rings is 2. The standard InChI is InChI=1S/C32H28N2O6/c1-37-31-19(17-35)9-15-29(33-31)39-27-13-11-23-21(5-3-7-25(23)27)22-6-4-8-26-24(22)12-14-28(26)40-30-16-10-20(18-36)32(34-30)38-2/h3-10,15-18,27-28H,11-14H2,1-2H3/t27-,28?/m0/s1. The Kier molecular flexibility index (Phi) is 6.90. The summed E-state index contributed by atoms with van der Waals surface area (Å²) >= 11 is 0. The number of hydrogen-bond acceptors (Lipinski definition) is 8. The minimum absolute atomic E-state index is 0.141. The van der Waals surface area contributed by atoms with E-state index in [0.717, 1.165) is 49.4 Å². The lowest BCUT2D eigenvalue weighted by atomic mass is 9.91. The third-order valence-electron chi connectivity index (χ3n) is 7.62. The first-order valence-electron chi connectivity index (χ1n) is 13.2. The molecule has 0 aliphatic heterocycles. The molecule has 0 radical (unpaired) electrons. The number of carbonyl (C=O) groups excluding carboxylic acids is 2. The Morgan fingerprint density at radius 2 is 1.10 bits per heavy atom. The molecule has 6 rings (SSSR count). The van der Waals surface area contributed by atoms with Gasteiger partial charge >= 0.3 is 0 Å². The molecule has 0 saturated heterocycles. The van der Waals surface area contributed by atoms with Crippen molar-refractivity contribution in [1.82, 2.24) is 9.97 Å². The highest BCUT2D eigenvalue weighted by Gasteiger charge is 2.31. The van der Waals surface area contributed by atoms with Crippen molar-refractivity contribution >= 4 is 12.6 Å². The number of aldehydes is 2. The number of rotatable bonds is 9. The topological polar surface area (TPSA) is 96.8 Å². The smallest absolute Gasteiger partial charge is 0.227 e. The second kappa shape index (κ2) is 10.8. The van der Waals surface area contributed by atoms with Gasteiger partial charge in [0.25, 0.3) is 0 Å². The van der Waals surface area contributed by atoms with Crippen molar-refractivity contribution in [2.75, 3.05) is 14.2 Å². The zero-order chi connectivity index (χ0) is 27.6. The number of carbonyl (C=O) groups is 2. The predicted octanol–water partition coefficient (Wildman–Crippen LogP) is 5.92. The number of fused-ring (bicyclic) bond motifs is 2. The van der Waals surface area contributed by atoms with Crippen LogP contribution >= 0.6 is 0 Å². The molecular formula is C32H28N2O6. The average Bonchev–Trinajstić information content (AvgIpc) is 3.61. The maximum atomic E-state index is 11.2. The largest absolute Gasteiger partial charge is 0.480 e. The number of nitrogens with zero attached hydrogens (tertiary/aromatic N) is 2. The van der Waals surface area contributed by atoms with E-state index in [9.17, 15) is 9.59 Å². The molecule has 2 aromatic heterocycles. The molecule has 4 aromatic rings. The zero-order valence-corrected chi connectivity index (χ0v) is 22.3. The van der Waals surface area contributed by atoms with Crippen molar-refractivity contribution in [2.45, 2.75) is 37.9 Å². The summed E-state index contributed by atoms with van der Waals surface area (Å²) in [6.45, 7) is 0. The molecule has 0 saturated carbocycles. The van der Waals surface area contributed by atoms with Gasteiger partial charge < -0.3 is 18.9 Å². The first kappa shape index (κ1) is 25.6. The van der Waals surface area contributed by atoms with Crippen LogP contribution in [0.4, 0.5) is 0 Å². The first-order chi connectivity index (χ1) is 19.6. The van der Waals surface area contributed by atoms with Gasteiger partial charge in [-0.1, -0.05) is 36.4 Å². The van der Waals surface area contributed by atoms with E-state index >= 15 is 0 Å². The van der Waals surface area contributed by atoms with Crippen molar-refractivity contribution in [3.63, 3.8) is 0 Å². The molecule has 2 aromatic carbocycles. The molecular weight excluding hydrogens is 508 g/mol. The van der Waals surface area contributed by atoms with Crippen molar-refractivity contribution < 1.29 is 28.5 Å². The van der Waals surface area contributed by atoms with E-state index in [4.69, 9.17) is 18.9 Å². The van der Waals surface area contributed by atoms with Crippen molar-refractivity contribution in [1.29, 1.82) is 0 Å². The highest BCUT2D eigenvalue weighted by Crippen LogP contribution is 2.45. The average molecular weight is 537 g/mol. The van der Waals surface area contributed by atoms with E-state index in [1.165, 1.54) is 36.5 Å². The molecule has 0 bridgehead atoms. The first-order valence-corrected chi connectivity index (χ1v) is 13.2. The van der Waals surface area contributed by atoms with Crippen LogP contribution in [0.15, 0.2) is 60.7 Å². The minimum atomic E-state index is -0.141. The van der Waals surface area contributed by atoms with Crippen molar-refractivity contribution in [3.05, 3.63) is 94.0 Å². The van der Waals surface area contributed by atoms with Crippen LogP contribution in [0.5, 0.6) is 23.5 Å². The number of benzene rings is 2. The Balaban J connectivity index is 1.27. The summed E-state index contributed by atoms with van der Waals surface area (Å²) in [6.07, 6.45) is 4.59. The molecule has 2 aliphatic rings. The van der Waals surface area contributed by atoms with Gasteiger partial charge in [-0.2, -0.15) is 9.97 Å². The van der Waals surface area contributed by atoms with Crippen LogP contribution in [-0.4, -0.2) is 36.8 Å². The second-order valence-corrected chi connectivity index (χ2v) is 9.77. The molecule has 2 heterocycles. The van der Waals surface area contributed by atoms with Crippen LogP contribution in [0.3, 0.4) is 0 Å². The molecule has 8 heteroatoms. The van der Waals surface area contributed by atoms with E-state index in [0.29, 0.717) is 22.9 Å². The highest BCUT2D eigenvalue weighted by molar-refractivity contribution is 5.79. The molecule has 0 N–H and O–H groups in total. The molecule has 202 valence electrons. The van der Waals surface area contributed by atoms with Crippen LogP contribution in [0.2, 0.25) is 0 Å². The van der Waals surface area contributed by atoms with E-state index in [1.54, 1.807) is 24.3 Å². The summed E-state index contributed by atoms with van der Waals surface area (Å²) < 4.78 is 23.0. The quantitative estimate of drug-likeness (QED) is 0.243. The SMILES string of the molecule is COc1nc(OC2CCc3c(-c4cccc5c4CC[C@@H]5Oc4ccc(C=O)c(OC)n4)cccc32)ccc1C=O. The number of hydrogen-bond donors (Lipinski definition) is 0. The number of methoxy groups -OCH3 is 2. The van der Waals surface area contributed by atoms with Gasteiger partial charge in [0.1, 0.15) is 12.2 Å². The number of aromatic nitrogens is 2. The molecule has 1 unspecified atom stereocenters. The van der Waals surface area contributed by atoms with E-state index in [2.05, 4.69) is 46.4 Å². The van der Waals surface area contributed by atoms with E-state index in [-0.39, 0.29) is 24.0 Å². The Bertz CT molecular complexity index is 1480. The van der Waals surface area contributed by atoms with Gasteiger partial charge in [0.05, 0.1) is 25.3 Å². The molecule has 8 nitrogen and oxygen atoms in total.